The van der Waals surface area contributed by atoms with Crippen molar-refractivity contribution in [2.45, 2.75) is 24.7 Å². The second kappa shape index (κ2) is 13.1. The van der Waals surface area contributed by atoms with E-state index in [2.05, 4.69) is 247 Å². The van der Waals surface area contributed by atoms with Gasteiger partial charge in [0, 0.05) is 49.6 Å². The van der Waals surface area contributed by atoms with Gasteiger partial charge in [0.2, 0.25) is 0 Å². The molecule has 5 heteroatoms. The molecule has 322 valence electrons. The summed E-state index contributed by atoms with van der Waals surface area (Å²) in [5.41, 5.74) is 23.4. The van der Waals surface area contributed by atoms with E-state index in [0.717, 1.165) is 21.9 Å². The van der Waals surface area contributed by atoms with E-state index in [4.69, 9.17) is 4.42 Å². The number of benzene rings is 10. The van der Waals surface area contributed by atoms with Crippen LogP contribution in [0.4, 0.5) is 28.4 Å². The van der Waals surface area contributed by atoms with Gasteiger partial charge < -0.3 is 18.7 Å². The van der Waals surface area contributed by atoms with E-state index in [1.807, 2.05) is 0 Å². The van der Waals surface area contributed by atoms with E-state index >= 15 is 0 Å². The van der Waals surface area contributed by atoms with Gasteiger partial charge in [-0.1, -0.05) is 184 Å². The molecule has 0 aliphatic carbocycles. The lowest BCUT2D eigenvalue weighted by atomic mass is 9.42. The van der Waals surface area contributed by atoms with Crippen LogP contribution in [0.3, 0.4) is 0 Å². The molecule has 6 heterocycles. The third-order valence-corrected chi connectivity index (χ3v) is 16.4. The van der Waals surface area contributed by atoms with Gasteiger partial charge in [-0.25, -0.2) is 0 Å². The van der Waals surface area contributed by atoms with Crippen molar-refractivity contribution < 1.29 is 4.42 Å². The number of aromatic nitrogens is 1. The lowest BCUT2D eigenvalue weighted by Crippen LogP contribution is -2.62. The summed E-state index contributed by atoms with van der Waals surface area (Å²) in [6.45, 7) is 4.57. The predicted molar refractivity (Wildman–Crippen MR) is 286 cm³/mol. The van der Waals surface area contributed by atoms with Gasteiger partial charge in [-0.05, 0) is 98.4 Å². The van der Waals surface area contributed by atoms with Crippen LogP contribution in [0.1, 0.15) is 47.2 Å². The SMILES string of the molecule is CC1(C)c2ccccc2N(c2cc3c4c5c2c2ccccc2n5-c2cc5c(cc2B4N2c4ccccc4C(c4ccccc4)(c4ccccc4)c4cccc-3c42)oc2ccccc25)c2ccccc21. The van der Waals surface area contributed by atoms with Gasteiger partial charge in [0.1, 0.15) is 11.2 Å². The lowest BCUT2D eigenvalue weighted by Gasteiger charge is -2.52. The number of hydrogen-bond donors (Lipinski definition) is 0. The molecule has 0 radical (unpaired) electrons. The smallest absolute Gasteiger partial charge is 0.333 e. The van der Waals surface area contributed by atoms with Crippen molar-refractivity contribution in [3.05, 3.63) is 252 Å². The van der Waals surface area contributed by atoms with Gasteiger partial charge in [-0.15, -0.1) is 0 Å². The molecule has 0 saturated heterocycles. The number of anilines is 5. The van der Waals surface area contributed by atoms with Crippen molar-refractivity contribution in [3.63, 3.8) is 0 Å². The van der Waals surface area contributed by atoms with Crippen molar-refractivity contribution in [3.8, 4) is 16.8 Å². The molecule has 16 rings (SSSR count). The van der Waals surface area contributed by atoms with E-state index in [-0.39, 0.29) is 12.3 Å². The fraction of sp³-hybridized carbons (Fsp3) is 0.0625. The quantitative estimate of drug-likeness (QED) is 0.165. The fourth-order valence-electron chi connectivity index (χ4n) is 13.7. The Hall–Kier alpha value is -8.54. The molecule has 4 nitrogen and oxygen atoms in total. The van der Waals surface area contributed by atoms with E-state index in [1.54, 1.807) is 0 Å². The number of nitrogens with zero attached hydrogens (tertiary/aromatic N) is 3. The molecular weight excluding hydrogens is 838 g/mol. The summed E-state index contributed by atoms with van der Waals surface area (Å²) in [5, 5.41) is 4.75. The third kappa shape index (κ3) is 4.52. The zero-order valence-electron chi connectivity index (χ0n) is 38.1. The van der Waals surface area contributed by atoms with Crippen LogP contribution in [-0.2, 0) is 10.8 Å². The molecule has 2 aromatic heterocycles. The average Bonchev–Trinajstić information content (AvgIpc) is 3.95. The minimum Gasteiger partial charge on any atom is -0.456 e. The van der Waals surface area contributed by atoms with Crippen LogP contribution in [-0.4, -0.2) is 11.4 Å². The highest BCUT2D eigenvalue weighted by atomic mass is 16.3. The normalized spacial score (nSPS) is 15.2. The van der Waals surface area contributed by atoms with Crippen molar-refractivity contribution in [1.82, 2.24) is 4.57 Å². The average molecular weight is 880 g/mol. The molecule has 0 saturated carbocycles. The predicted octanol–water partition coefficient (Wildman–Crippen LogP) is 14.7. The summed E-state index contributed by atoms with van der Waals surface area (Å²) < 4.78 is 9.44. The Morgan fingerprint density at radius 2 is 1.03 bits per heavy atom. The van der Waals surface area contributed by atoms with Gasteiger partial charge >= 0.3 is 6.85 Å². The molecule has 0 N–H and O–H groups in total. The summed E-state index contributed by atoms with van der Waals surface area (Å²) >= 11 is 0. The molecule has 12 aromatic rings. The highest BCUT2D eigenvalue weighted by Crippen LogP contribution is 2.61. The highest BCUT2D eigenvalue weighted by molar-refractivity contribution is 6.94. The first-order valence-electron chi connectivity index (χ1n) is 24.2. The van der Waals surface area contributed by atoms with Gasteiger partial charge in [0.15, 0.2) is 0 Å². The van der Waals surface area contributed by atoms with Gasteiger partial charge in [0.25, 0.3) is 0 Å². The molecule has 0 fully saturated rings. The maximum Gasteiger partial charge on any atom is 0.333 e. The molecule has 4 aliphatic heterocycles. The second-order valence-electron chi connectivity index (χ2n) is 19.9. The number of rotatable bonds is 3. The van der Waals surface area contributed by atoms with Crippen LogP contribution in [0.2, 0.25) is 0 Å². The fourth-order valence-corrected chi connectivity index (χ4v) is 13.7. The number of hydrogen-bond acceptors (Lipinski definition) is 3. The van der Waals surface area contributed by atoms with Gasteiger partial charge in [-0.2, -0.15) is 0 Å². The zero-order chi connectivity index (χ0) is 45.3. The summed E-state index contributed by atoms with van der Waals surface area (Å²) in [7, 11) is 0. The van der Waals surface area contributed by atoms with E-state index in [9.17, 15) is 0 Å². The first-order valence-corrected chi connectivity index (χ1v) is 24.2. The molecular formula is C64H42BN3O. The van der Waals surface area contributed by atoms with Crippen LogP contribution in [0.15, 0.2) is 223 Å². The molecule has 0 bridgehead atoms. The summed E-state index contributed by atoms with van der Waals surface area (Å²) in [5.74, 6) is 0. The van der Waals surface area contributed by atoms with Crippen LogP contribution in [0, 0.1) is 0 Å². The Balaban J connectivity index is 1.13. The molecule has 10 aromatic carbocycles. The summed E-state index contributed by atoms with van der Waals surface area (Å²) in [6, 6.07) is 81.9. The topological polar surface area (TPSA) is 24.6 Å². The number of para-hydroxylation sites is 6. The van der Waals surface area contributed by atoms with Crippen molar-refractivity contribution in [2.75, 3.05) is 9.71 Å². The Labute approximate surface area is 400 Å². The third-order valence-electron chi connectivity index (χ3n) is 16.4. The van der Waals surface area contributed by atoms with Crippen molar-refractivity contribution in [2.24, 2.45) is 0 Å². The Morgan fingerprint density at radius 1 is 0.435 bits per heavy atom. The Morgan fingerprint density at radius 3 is 1.75 bits per heavy atom. The molecule has 0 amide bonds. The maximum atomic E-state index is 6.83. The molecule has 4 aliphatic rings. The molecule has 0 spiro atoms. The van der Waals surface area contributed by atoms with E-state index < -0.39 is 5.41 Å². The van der Waals surface area contributed by atoms with E-state index in [0.29, 0.717) is 0 Å². The minimum absolute atomic E-state index is 0.194. The summed E-state index contributed by atoms with van der Waals surface area (Å²) in [6.07, 6.45) is 0. The monoisotopic (exact) mass is 879 g/mol. The largest absolute Gasteiger partial charge is 0.456 e. The summed E-state index contributed by atoms with van der Waals surface area (Å²) in [4.78, 5) is 5.31. The highest BCUT2D eigenvalue weighted by Gasteiger charge is 2.53. The number of furan rings is 1. The molecule has 0 atom stereocenters. The Bertz CT molecular complexity index is 4110. The van der Waals surface area contributed by atoms with Crippen LogP contribution in [0.25, 0.3) is 60.6 Å². The van der Waals surface area contributed by atoms with Gasteiger partial charge in [0.05, 0.1) is 33.5 Å². The second-order valence-corrected chi connectivity index (χ2v) is 19.9. The lowest BCUT2D eigenvalue weighted by molar-refractivity contribution is 0.632. The van der Waals surface area contributed by atoms with Crippen molar-refractivity contribution in [1.29, 1.82) is 0 Å². The van der Waals surface area contributed by atoms with E-state index in [1.165, 1.54) is 111 Å². The maximum absolute atomic E-state index is 6.83. The van der Waals surface area contributed by atoms with Crippen LogP contribution < -0.4 is 20.6 Å². The zero-order valence-corrected chi connectivity index (χ0v) is 38.1. The first kappa shape index (κ1) is 37.5. The Kier molecular flexibility index (Phi) is 7.14. The first-order chi connectivity index (χ1) is 34.0. The molecule has 0 unspecified atom stereocenters. The number of fused-ring (bicyclic) bond motifs is 15. The van der Waals surface area contributed by atoms with Crippen LogP contribution >= 0.6 is 0 Å². The van der Waals surface area contributed by atoms with Crippen molar-refractivity contribution >= 4 is 90.0 Å². The van der Waals surface area contributed by atoms with Crippen LogP contribution in [0.5, 0.6) is 0 Å². The molecule has 69 heavy (non-hydrogen) atoms. The standard InChI is InChI=1S/C64H42BN3O/c1-63(2)46-27-11-15-32-52(46)66(53-33-16-12-28-47(53)63)56-37-45-42-26-19-30-49-61(42)68(54-34-17-13-29-48(54)64(49,39-20-5-3-6-21-39)40-22-7-4-8-23-40)65-50-38-58-44(41-24-10-18-35-57(41)69-58)36-55(50)67-51-31-14-9-25-43(51)59(56)62(67)60(45)65/h3-38H,1-2H3. The minimum atomic E-state index is -0.614. The van der Waals surface area contributed by atoms with Gasteiger partial charge in [-0.3, -0.25) is 0 Å².